The average molecular weight is 221 g/mol. The van der Waals surface area contributed by atoms with Gasteiger partial charge in [0, 0.05) is 6.42 Å². The van der Waals surface area contributed by atoms with Gasteiger partial charge in [-0.05, 0) is 30.0 Å². The lowest BCUT2D eigenvalue weighted by Gasteiger charge is -2.12. The summed E-state index contributed by atoms with van der Waals surface area (Å²) < 4.78 is 0. The molecule has 0 amide bonds. The quantitative estimate of drug-likeness (QED) is 0.798. The van der Waals surface area contributed by atoms with Crippen LogP contribution in [0.2, 0.25) is 0 Å². The highest BCUT2D eigenvalue weighted by molar-refractivity contribution is 5.84. The number of benzene rings is 1. The van der Waals surface area contributed by atoms with E-state index >= 15 is 0 Å². The average Bonchev–Trinajstić information content (AvgIpc) is 2.20. The molecule has 3 nitrogen and oxygen atoms in total. The van der Waals surface area contributed by atoms with Crippen LogP contribution in [0.15, 0.2) is 24.3 Å². The summed E-state index contributed by atoms with van der Waals surface area (Å²) in [5.41, 5.74) is 6.80. The largest absolute Gasteiger partial charge is 0.508 e. The van der Waals surface area contributed by atoms with Gasteiger partial charge in [-0.25, -0.2) is 0 Å². The molecule has 0 aliphatic rings. The predicted molar refractivity (Wildman–Crippen MR) is 64.2 cm³/mol. The summed E-state index contributed by atoms with van der Waals surface area (Å²) in [5, 5.41) is 9.12. The molecule has 0 fully saturated rings. The number of hydrogen-bond acceptors (Lipinski definition) is 3. The number of aromatic hydroxyl groups is 1. The van der Waals surface area contributed by atoms with Crippen molar-refractivity contribution in [3.05, 3.63) is 29.8 Å². The zero-order valence-electron chi connectivity index (χ0n) is 9.81. The normalized spacial score (nSPS) is 12.8. The minimum Gasteiger partial charge on any atom is -0.508 e. The highest BCUT2D eigenvalue weighted by Crippen LogP contribution is 2.12. The van der Waals surface area contributed by atoms with E-state index in [4.69, 9.17) is 10.8 Å². The van der Waals surface area contributed by atoms with Gasteiger partial charge in [0.25, 0.3) is 0 Å². The highest BCUT2D eigenvalue weighted by Gasteiger charge is 2.15. The topological polar surface area (TPSA) is 63.3 Å². The Morgan fingerprint density at radius 3 is 2.38 bits per heavy atom. The first-order valence-electron chi connectivity index (χ1n) is 5.55. The Kier molecular flexibility index (Phi) is 4.50. The van der Waals surface area contributed by atoms with E-state index < -0.39 is 6.04 Å². The van der Waals surface area contributed by atoms with E-state index in [0.717, 1.165) is 5.56 Å². The van der Waals surface area contributed by atoms with Crippen LogP contribution in [0.4, 0.5) is 0 Å². The third-order valence-electron chi connectivity index (χ3n) is 2.41. The van der Waals surface area contributed by atoms with Crippen LogP contribution in [0.5, 0.6) is 5.75 Å². The summed E-state index contributed by atoms with van der Waals surface area (Å²) in [6.45, 7) is 4.01. The second-order valence-corrected chi connectivity index (χ2v) is 4.54. The molecule has 0 aliphatic carbocycles. The standard InChI is InChI=1S/C13H19NO2/c1-9(2)7-13(16)12(14)8-10-3-5-11(15)6-4-10/h3-6,9,12,15H,7-8,14H2,1-2H3/t12-/m0/s1. The SMILES string of the molecule is CC(C)CC(=O)[C@@H](N)Cc1ccc(O)cc1. The van der Waals surface area contributed by atoms with Crippen LogP contribution in [-0.4, -0.2) is 16.9 Å². The number of nitrogens with two attached hydrogens (primary N) is 1. The van der Waals surface area contributed by atoms with E-state index in [0.29, 0.717) is 18.8 Å². The van der Waals surface area contributed by atoms with Gasteiger partial charge in [0.15, 0.2) is 0 Å². The molecule has 0 radical (unpaired) electrons. The Morgan fingerprint density at radius 2 is 1.88 bits per heavy atom. The van der Waals surface area contributed by atoms with Crippen LogP contribution in [0, 0.1) is 5.92 Å². The number of hydrogen-bond donors (Lipinski definition) is 2. The van der Waals surface area contributed by atoms with Gasteiger partial charge in [-0.2, -0.15) is 0 Å². The molecule has 0 spiro atoms. The number of phenolic OH excluding ortho intramolecular Hbond substituents is 1. The van der Waals surface area contributed by atoms with Crippen LogP contribution in [0.1, 0.15) is 25.8 Å². The van der Waals surface area contributed by atoms with Gasteiger partial charge < -0.3 is 10.8 Å². The van der Waals surface area contributed by atoms with Crippen LogP contribution >= 0.6 is 0 Å². The highest BCUT2D eigenvalue weighted by atomic mass is 16.3. The van der Waals surface area contributed by atoms with Crippen molar-refractivity contribution in [1.29, 1.82) is 0 Å². The van der Waals surface area contributed by atoms with Gasteiger partial charge in [0.05, 0.1) is 6.04 Å². The summed E-state index contributed by atoms with van der Waals surface area (Å²) in [6, 6.07) is 6.35. The first-order valence-corrected chi connectivity index (χ1v) is 5.55. The van der Waals surface area contributed by atoms with Gasteiger partial charge in [0.1, 0.15) is 11.5 Å². The molecule has 0 aromatic heterocycles. The molecule has 0 saturated heterocycles. The van der Waals surface area contributed by atoms with Crippen molar-refractivity contribution in [1.82, 2.24) is 0 Å². The van der Waals surface area contributed by atoms with Crippen molar-refractivity contribution in [3.8, 4) is 5.75 Å². The zero-order valence-corrected chi connectivity index (χ0v) is 9.81. The summed E-state index contributed by atoms with van der Waals surface area (Å²) >= 11 is 0. The Hall–Kier alpha value is -1.35. The second-order valence-electron chi connectivity index (χ2n) is 4.54. The fourth-order valence-corrected chi connectivity index (χ4v) is 1.55. The van der Waals surface area contributed by atoms with E-state index in [1.807, 2.05) is 13.8 Å². The maximum Gasteiger partial charge on any atom is 0.150 e. The molecule has 3 N–H and O–H groups in total. The zero-order chi connectivity index (χ0) is 12.1. The lowest BCUT2D eigenvalue weighted by molar-refractivity contribution is -0.120. The molecule has 0 aliphatic heterocycles. The summed E-state index contributed by atoms with van der Waals surface area (Å²) in [6.07, 6.45) is 1.06. The lowest BCUT2D eigenvalue weighted by atomic mass is 9.97. The molecular formula is C13H19NO2. The van der Waals surface area contributed by atoms with Gasteiger partial charge in [0.2, 0.25) is 0 Å². The Bertz CT molecular complexity index is 343. The van der Waals surface area contributed by atoms with Crippen molar-refractivity contribution < 1.29 is 9.90 Å². The van der Waals surface area contributed by atoms with E-state index in [2.05, 4.69) is 0 Å². The van der Waals surface area contributed by atoms with Crippen molar-refractivity contribution in [2.75, 3.05) is 0 Å². The molecule has 0 unspecified atom stereocenters. The smallest absolute Gasteiger partial charge is 0.150 e. The third-order valence-corrected chi connectivity index (χ3v) is 2.41. The second kappa shape index (κ2) is 5.66. The van der Waals surface area contributed by atoms with Crippen LogP contribution in [-0.2, 0) is 11.2 Å². The van der Waals surface area contributed by atoms with Crippen LogP contribution < -0.4 is 5.73 Å². The number of ketones is 1. The molecule has 88 valence electrons. The van der Waals surface area contributed by atoms with Gasteiger partial charge in [-0.15, -0.1) is 0 Å². The molecule has 0 saturated carbocycles. The van der Waals surface area contributed by atoms with E-state index in [-0.39, 0.29) is 11.5 Å². The lowest BCUT2D eigenvalue weighted by Crippen LogP contribution is -2.33. The third kappa shape index (κ3) is 4.03. The monoisotopic (exact) mass is 221 g/mol. The predicted octanol–water partition coefficient (Wildman–Crippen LogP) is 1.88. The van der Waals surface area contributed by atoms with E-state index in [9.17, 15) is 4.79 Å². The molecule has 1 rings (SSSR count). The maximum atomic E-state index is 11.7. The molecule has 1 aromatic carbocycles. The summed E-state index contributed by atoms with van der Waals surface area (Å²) in [4.78, 5) is 11.7. The Morgan fingerprint density at radius 1 is 1.31 bits per heavy atom. The van der Waals surface area contributed by atoms with Gasteiger partial charge in [-0.3, -0.25) is 4.79 Å². The minimum atomic E-state index is -0.438. The molecule has 16 heavy (non-hydrogen) atoms. The van der Waals surface area contributed by atoms with Crippen molar-refractivity contribution in [2.24, 2.45) is 11.7 Å². The van der Waals surface area contributed by atoms with Crippen molar-refractivity contribution in [3.63, 3.8) is 0 Å². The molecule has 1 aromatic rings. The van der Waals surface area contributed by atoms with Crippen molar-refractivity contribution in [2.45, 2.75) is 32.7 Å². The van der Waals surface area contributed by atoms with E-state index in [1.165, 1.54) is 0 Å². The number of Topliss-reactive ketones (excluding diaryl/α,β-unsaturated/α-hetero) is 1. The number of phenols is 1. The van der Waals surface area contributed by atoms with E-state index in [1.54, 1.807) is 24.3 Å². The minimum absolute atomic E-state index is 0.100. The molecule has 3 heteroatoms. The first kappa shape index (κ1) is 12.7. The number of carbonyl (C=O) groups excluding carboxylic acids is 1. The van der Waals surface area contributed by atoms with Crippen LogP contribution in [0.3, 0.4) is 0 Å². The molecule has 1 atom stereocenters. The summed E-state index contributed by atoms with van der Waals surface area (Å²) in [5.74, 6) is 0.673. The summed E-state index contributed by atoms with van der Waals surface area (Å²) in [7, 11) is 0. The fraction of sp³-hybridized carbons (Fsp3) is 0.462. The molecule has 0 heterocycles. The fourth-order valence-electron chi connectivity index (χ4n) is 1.55. The Labute approximate surface area is 96.3 Å². The number of rotatable bonds is 5. The van der Waals surface area contributed by atoms with Crippen LogP contribution in [0.25, 0.3) is 0 Å². The maximum absolute atomic E-state index is 11.7. The first-order chi connectivity index (χ1) is 7.49. The van der Waals surface area contributed by atoms with Gasteiger partial charge >= 0.3 is 0 Å². The Balaban J connectivity index is 2.53. The molecule has 0 bridgehead atoms. The molecular weight excluding hydrogens is 202 g/mol. The van der Waals surface area contributed by atoms with Gasteiger partial charge in [-0.1, -0.05) is 26.0 Å². The van der Waals surface area contributed by atoms with Crippen molar-refractivity contribution >= 4 is 5.78 Å². The number of carbonyl (C=O) groups is 1.